The van der Waals surface area contributed by atoms with Crippen LogP contribution >= 0.6 is 11.6 Å². The van der Waals surface area contributed by atoms with Crippen molar-refractivity contribution in [2.24, 2.45) is 11.8 Å². The zero-order valence-electron chi connectivity index (χ0n) is 45.7. The first-order valence-corrected chi connectivity index (χ1v) is 27.0. The topological polar surface area (TPSA) is 243 Å². The van der Waals surface area contributed by atoms with Crippen LogP contribution in [0.4, 0.5) is 0 Å². The van der Waals surface area contributed by atoms with Crippen LogP contribution in [0.3, 0.4) is 0 Å². The minimum Gasteiger partial charge on any atom is -0.482 e. The molecule has 3 aromatic rings. The van der Waals surface area contributed by atoms with E-state index >= 15 is 9.59 Å². The van der Waals surface area contributed by atoms with E-state index in [-0.39, 0.29) is 64.8 Å². The highest BCUT2D eigenvalue weighted by Crippen LogP contribution is 2.69. The summed E-state index contributed by atoms with van der Waals surface area (Å²) >= 11 is 6.35. The Hall–Kier alpha value is -6.44. The van der Waals surface area contributed by atoms with Gasteiger partial charge in [-0.1, -0.05) is 65.3 Å². The Morgan fingerprint density at radius 3 is 2.29 bits per heavy atom. The van der Waals surface area contributed by atoms with Crippen LogP contribution in [-0.4, -0.2) is 116 Å². The van der Waals surface area contributed by atoms with Gasteiger partial charge in [0.05, 0.1) is 17.8 Å². The van der Waals surface area contributed by atoms with Gasteiger partial charge in [-0.2, -0.15) is 0 Å². The molecule has 4 bridgehead atoms. The number of esters is 2. The molecule has 17 nitrogen and oxygen atoms in total. The molecular formula is C61H68ClNO16. The van der Waals surface area contributed by atoms with Gasteiger partial charge in [0.25, 0.3) is 5.91 Å². The average Bonchev–Trinajstić information content (AvgIpc) is 3.65. The number of hydrogen-bond donors (Lipinski definition) is 5. The normalized spacial score (nSPS) is 29.1. The second kappa shape index (κ2) is 21.9. The Labute approximate surface area is 463 Å². The molecule has 1 saturated carbocycles. The molecule has 4 heterocycles. The molecule has 11 atom stereocenters. The van der Waals surface area contributed by atoms with Gasteiger partial charge in [0.15, 0.2) is 28.5 Å². The minimum atomic E-state index is -1.81. The summed E-state index contributed by atoms with van der Waals surface area (Å²) in [6, 6.07) is 11.3. The molecule has 1 spiro atoms. The molecule has 7 aliphatic rings. The van der Waals surface area contributed by atoms with Crippen molar-refractivity contribution < 1.29 is 77.6 Å². The molecular weight excluding hydrogens is 1040 g/mol. The Bertz CT molecular complexity index is 3130. The van der Waals surface area contributed by atoms with Gasteiger partial charge in [-0.15, -0.1) is 0 Å². The fraction of sp³-hybridized carbons (Fsp3) is 0.459. The molecule has 6 unspecified atom stereocenters. The van der Waals surface area contributed by atoms with Crippen LogP contribution in [-0.2, 0) is 41.6 Å². The average molecular weight is 1110 g/mol. The maximum absolute atomic E-state index is 16.0. The summed E-state index contributed by atoms with van der Waals surface area (Å²) < 4.78 is 44.7. The number of aliphatic hydroxyl groups is 4. The molecule has 10 rings (SSSR count). The van der Waals surface area contributed by atoms with Crippen LogP contribution in [0.15, 0.2) is 101 Å². The Kier molecular flexibility index (Phi) is 15.9. The summed E-state index contributed by atoms with van der Waals surface area (Å²) in [7, 11) is 0. The molecule has 0 radical (unpaired) electrons. The van der Waals surface area contributed by atoms with Crippen molar-refractivity contribution in [1.29, 1.82) is 0 Å². The zero-order chi connectivity index (χ0) is 57.1. The van der Waals surface area contributed by atoms with E-state index < -0.39 is 101 Å². The number of fused-ring (bicyclic) bond motifs is 2. The molecule has 420 valence electrons. The third kappa shape index (κ3) is 10.4. The van der Waals surface area contributed by atoms with E-state index in [4.69, 9.17) is 44.8 Å². The predicted octanol–water partition coefficient (Wildman–Crippen LogP) is 7.75. The van der Waals surface area contributed by atoms with Crippen molar-refractivity contribution in [3.05, 3.63) is 134 Å². The van der Waals surface area contributed by atoms with Crippen LogP contribution in [0.25, 0.3) is 6.08 Å². The van der Waals surface area contributed by atoms with Gasteiger partial charge in [0, 0.05) is 51.1 Å². The van der Waals surface area contributed by atoms with Crippen molar-refractivity contribution in [3.63, 3.8) is 0 Å². The molecule has 1 amide bonds. The molecule has 2 saturated heterocycles. The van der Waals surface area contributed by atoms with E-state index in [2.05, 4.69) is 11.4 Å². The predicted molar refractivity (Wildman–Crippen MR) is 290 cm³/mol. The quantitative estimate of drug-likeness (QED) is 0.0376. The number of Topliss-reactive ketones (excluding diaryl/α,β-unsaturated/α-hetero) is 2. The number of carbonyl (C=O) groups is 5. The standard InChI is InChI=1S/C61H68ClNO16/c1-31(2)13-12-24-59(9)25-23-40-50(77-59)39(21-16-32(3)4)52-45(51(40)76-56(72)34(6)63-54(70)35-17-19-38(20-18-35)74-57-49(68)48(67)47(66)43(29-64)75-57)46(65)41-27-37-28-44-58(7,8)79-60(53(37)69,61(41,44)78-52)26-22-33(5)55(71)73-30-36-14-10-11-15-42(36)62/h10-11,13-20,22-23,25,27,34,37,43-44,47-49,57,64,66-68H,12,21,24,26,28-30H2,1-9H3,(H,63,70)/b33-22-/t34?,37?,43-,44?,47-,48-,49-,57-,59?,60?,61?/m1/s1. The third-order valence-electron chi connectivity index (χ3n) is 15.9. The van der Waals surface area contributed by atoms with Crippen molar-refractivity contribution in [3.8, 4) is 23.0 Å². The van der Waals surface area contributed by atoms with Crippen molar-refractivity contribution in [2.75, 3.05) is 6.61 Å². The van der Waals surface area contributed by atoms with Crippen LogP contribution in [0.1, 0.15) is 125 Å². The third-order valence-corrected chi connectivity index (χ3v) is 16.3. The number of nitrogens with one attached hydrogen (secondary N) is 1. The summed E-state index contributed by atoms with van der Waals surface area (Å²) in [4.78, 5) is 72.9. The van der Waals surface area contributed by atoms with Gasteiger partial charge in [-0.05, 0) is 130 Å². The molecule has 0 aromatic heterocycles. The maximum atomic E-state index is 16.0. The Balaban J connectivity index is 1.08. The number of ether oxygens (including phenoxy) is 7. The van der Waals surface area contributed by atoms with E-state index in [1.807, 2.05) is 60.6 Å². The summed E-state index contributed by atoms with van der Waals surface area (Å²) in [6.45, 7) is 15.9. The lowest BCUT2D eigenvalue weighted by atomic mass is 9.51. The molecule has 3 aromatic carbocycles. The van der Waals surface area contributed by atoms with Gasteiger partial charge in [-0.3, -0.25) is 14.4 Å². The van der Waals surface area contributed by atoms with E-state index in [1.165, 1.54) is 31.2 Å². The van der Waals surface area contributed by atoms with Gasteiger partial charge in [0.2, 0.25) is 6.29 Å². The number of allylic oxidation sites excluding steroid dienone is 5. The number of benzene rings is 3. The Morgan fingerprint density at radius 1 is 0.899 bits per heavy atom. The highest BCUT2D eigenvalue weighted by molar-refractivity contribution is 6.31. The largest absolute Gasteiger partial charge is 0.482 e. The molecule has 3 aliphatic carbocycles. The van der Waals surface area contributed by atoms with Crippen LogP contribution in [0, 0.1) is 11.8 Å². The van der Waals surface area contributed by atoms with Crippen LogP contribution in [0.2, 0.25) is 5.02 Å². The monoisotopic (exact) mass is 1110 g/mol. The number of aliphatic hydroxyl groups excluding tert-OH is 4. The van der Waals surface area contributed by atoms with E-state index in [1.54, 1.807) is 49.4 Å². The van der Waals surface area contributed by atoms with Crippen molar-refractivity contribution in [1.82, 2.24) is 5.32 Å². The summed E-state index contributed by atoms with van der Waals surface area (Å²) in [5, 5.41) is 43.5. The van der Waals surface area contributed by atoms with E-state index in [9.17, 15) is 34.8 Å². The molecule has 5 N–H and O–H groups in total. The number of ketones is 2. The summed E-state index contributed by atoms with van der Waals surface area (Å²) in [5.74, 6) is -4.13. The van der Waals surface area contributed by atoms with E-state index in [0.29, 0.717) is 46.7 Å². The lowest BCUT2D eigenvalue weighted by Crippen LogP contribution is -2.72. The molecule has 18 heteroatoms. The fourth-order valence-electron chi connectivity index (χ4n) is 11.6. The minimum absolute atomic E-state index is 0.0505. The van der Waals surface area contributed by atoms with Gasteiger partial charge in [0.1, 0.15) is 65.5 Å². The smallest absolute Gasteiger partial charge is 0.333 e. The summed E-state index contributed by atoms with van der Waals surface area (Å²) in [6.07, 6.45) is 5.02. The van der Waals surface area contributed by atoms with Crippen LogP contribution < -0.4 is 24.3 Å². The first-order chi connectivity index (χ1) is 37.3. The highest BCUT2D eigenvalue weighted by Gasteiger charge is 2.81. The maximum Gasteiger partial charge on any atom is 0.333 e. The number of rotatable bonds is 17. The molecule has 3 fully saturated rings. The van der Waals surface area contributed by atoms with Gasteiger partial charge in [-0.25, -0.2) is 9.59 Å². The second-order valence-electron chi connectivity index (χ2n) is 22.6. The van der Waals surface area contributed by atoms with Gasteiger partial charge < -0.3 is 58.9 Å². The first kappa shape index (κ1) is 57.3. The Morgan fingerprint density at radius 2 is 1.61 bits per heavy atom. The second-order valence-corrected chi connectivity index (χ2v) is 23.0. The SMILES string of the molecule is CC(C)=CCCC1(C)C=Cc2c(c(CC=C(C)C)c3c(c2OC(=O)C(C)NC(=O)c2ccc(O[C@@H]4O[C@H](CO)[C@@H](O)[C@@H](O)[C@H]4O)cc2)C(=O)C2=CC4CC5C(C)(C)OC(C/C=C(/C)C(=O)OCc6ccccc6Cl)(C4=O)C25O3)O1. The number of carbonyl (C=O) groups excluding carboxylic acids is 5. The first-order valence-electron chi connectivity index (χ1n) is 26.6. The number of amides is 1. The summed E-state index contributed by atoms with van der Waals surface area (Å²) in [5.41, 5.74) is -1.60. The van der Waals surface area contributed by atoms with Crippen LogP contribution in [0.5, 0.6) is 23.0 Å². The van der Waals surface area contributed by atoms with E-state index in [0.717, 1.165) is 11.1 Å². The zero-order valence-corrected chi connectivity index (χ0v) is 46.5. The number of halogens is 1. The number of hydrogen-bond acceptors (Lipinski definition) is 16. The van der Waals surface area contributed by atoms with Crippen molar-refractivity contribution in [2.45, 2.75) is 160 Å². The molecule has 79 heavy (non-hydrogen) atoms. The van der Waals surface area contributed by atoms with Crippen molar-refractivity contribution >= 4 is 47.1 Å². The molecule has 4 aliphatic heterocycles. The lowest BCUT2D eigenvalue weighted by Gasteiger charge is -2.56. The fourth-order valence-corrected chi connectivity index (χ4v) is 11.8. The van der Waals surface area contributed by atoms with Gasteiger partial charge >= 0.3 is 11.9 Å². The highest BCUT2D eigenvalue weighted by atomic mass is 35.5. The lowest BCUT2D eigenvalue weighted by molar-refractivity contribution is -0.277.